The molecule has 2 rings (SSSR count). The van der Waals surface area contributed by atoms with Gasteiger partial charge in [0.1, 0.15) is 12.9 Å². The van der Waals surface area contributed by atoms with Crippen molar-refractivity contribution >= 4 is 34.8 Å². The minimum absolute atomic E-state index is 0.0350. The molecule has 2 aromatic rings. The molecule has 0 spiro atoms. The van der Waals surface area contributed by atoms with Gasteiger partial charge in [-0.2, -0.15) is 0 Å². The summed E-state index contributed by atoms with van der Waals surface area (Å²) in [6.45, 7) is 0.0350. The van der Waals surface area contributed by atoms with E-state index in [1.807, 2.05) is 0 Å². The van der Waals surface area contributed by atoms with Crippen molar-refractivity contribution in [3.05, 3.63) is 34.6 Å². The predicted molar refractivity (Wildman–Crippen MR) is 62.9 cm³/mol. The summed E-state index contributed by atoms with van der Waals surface area (Å²) in [6.07, 6.45) is 1.36. The number of rotatable bonds is 3. The van der Waals surface area contributed by atoms with Crippen LogP contribution in [-0.2, 0) is 11.3 Å². The molecule has 17 heavy (non-hydrogen) atoms. The lowest BCUT2D eigenvalue weighted by Gasteiger charge is -2.05. The Morgan fingerprint density at radius 3 is 2.82 bits per heavy atom. The molecule has 0 aliphatic carbocycles. The minimum Gasteiger partial charge on any atom is -0.324 e. The number of hydrogen-bond donors (Lipinski definition) is 1. The number of hydrogen-bond acceptors (Lipinski definition) is 4. The molecule has 0 saturated carbocycles. The Hall–Kier alpha value is -1.66. The quantitative estimate of drug-likeness (QED) is 0.921. The van der Waals surface area contributed by atoms with Crippen LogP contribution in [0.1, 0.15) is 0 Å². The highest BCUT2D eigenvalue weighted by atomic mass is 35.5. The number of nitrogens with one attached hydrogen (secondary N) is 1. The molecule has 1 heterocycles. The topological polar surface area (TPSA) is 72.7 Å². The van der Waals surface area contributed by atoms with Gasteiger partial charge in [-0.15, -0.1) is 5.10 Å². The molecule has 6 nitrogen and oxygen atoms in total. The van der Waals surface area contributed by atoms with Crippen LogP contribution < -0.4 is 5.32 Å². The second kappa shape index (κ2) is 5.11. The summed E-state index contributed by atoms with van der Waals surface area (Å²) in [6, 6.07) is 4.84. The van der Waals surface area contributed by atoms with Crippen LogP contribution in [0.3, 0.4) is 0 Å². The van der Waals surface area contributed by atoms with E-state index in [-0.39, 0.29) is 12.5 Å². The van der Waals surface area contributed by atoms with Crippen molar-refractivity contribution in [2.24, 2.45) is 0 Å². The predicted octanol–water partition coefficient (Wildman–Crippen LogP) is 1.62. The highest BCUT2D eigenvalue weighted by Crippen LogP contribution is 2.24. The summed E-state index contributed by atoms with van der Waals surface area (Å²) < 4.78 is 1.31. The molecule has 0 radical (unpaired) electrons. The average molecular weight is 272 g/mol. The summed E-state index contributed by atoms with van der Waals surface area (Å²) >= 11 is 11.6. The van der Waals surface area contributed by atoms with Crippen LogP contribution in [0, 0.1) is 0 Å². The maximum atomic E-state index is 11.6. The molecule has 1 aromatic carbocycles. The second-order valence-corrected chi connectivity index (χ2v) is 4.00. The van der Waals surface area contributed by atoms with Crippen LogP contribution in [0.4, 0.5) is 5.69 Å². The van der Waals surface area contributed by atoms with Gasteiger partial charge in [-0.3, -0.25) is 4.79 Å². The van der Waals surface area contributed by atoms with Gasteiger partial charge in [0.2, 0.25) is 5.91 Å². The van der Waals surface area contributed by atoms with E-state index in [2.05, 4.69) is 20.8 Å². The lowest BCUT2D eigenvalue weighted by Crippen LogP contribution is -2.19. The lowest BCUT2D eigenvalue weighted by molar-refractivity contribution is -0.116. The molecule has 0 aliphatic rings. The van der Waals surface area contributed by atoms with Crippen molar-refractivity contribution < 1.29 is 4.79 Å². The van der Waals surface area contributed by atoms with Gasteiger partial charge in [-0.1, -0.05) is 23.2 Å². The zero-order chi connectivity index (χ0) is 12.3. The highest BCUT2D eigenvalue weighted by molar-refractivity contribution is 6.42. The van der Waals surface area contributed by atoms with Crippen LogP contribution in [0.2, 0.25) is 10.0 Å². The summed E-state index contributed by atoms with van der Waals surface area (Å²) in [5.74, 6) is -0.254. The van der Waals surface area contributed by atoms with Gasteiger partial charge >= 0.3 is 0 Å². The van der Waals surface area contributed by atoms with Crippen molar-refractivity contribution in [2.45, 2.75) is 6.54 Å². The van der Waals surface area contributed by atoms with E-state index >= 15 is 0 Å². The minimum atomic E-state index is -0.254. The van der Waals surface area contributed by atoms with Gasteiger partial charge < -0.3 is 5.32 Å². The molecule has 1 N–H and O–H groups in total. The van der Waals surface area contributed by atoms with Crippen LogP contribution >= 0.6 is 23.2 Å². The first-order valence-electron chi connectivity index (χ1n) is 4.61. The number of anilines is 1. The number of aromatic nitrogens is 4. The average Bonchev–Trinajstić information content (AvgIpc) is 2.76. The third-order valence-corrected chi connectivity index (χ3v) is 2.64. The monoisotopic (exact) mass is 271 g/mol. The number of benzene rings is 1. The van der Waals surface area contributed by atoms with E-state index in [1.54, 1.807) is 18.2 Å². The number of carbonyl (C=O) groups excluding carboxylic acids is 1. The van der Waals surface area contributed by atoms with Crippen molar-refractivity contribution in [1.29, 1.82) is 0 Å². The molecule has 1 aromatic heterocycles. The molecule has 0 saturated heterocycles. The van der Waals surface area contributed by atoms with Gasteiger partial charge in [-0.05, 0) is 28.6 Å². The maximum Gasteiger partial charge on any atom is 0.246 e. The largest absolute Gasteiger partial charge is 0.324 e. The van der Waals surface area contributed by atoms with Crippen molar-refractivity contribution in [2.75, 3.05) is 5.32 Å². The Bertz CT molecular complexity index is 528. The van der Waals surface area contributed by atoms with E-state index < -0.39 is 0 Å². The molecule has 0 fully saturated rings. The first-order valence-corrected chi connectivity index (χ1v) is 5.36. The summed E-state index contributed by atoms with van der Waals surface area (Å²) in [7, 11) is 0. The molecule has 0 aliphatic heterocycles. The fraction of sp³-hybridized carbons (Fsp3) is 0.111. The smallest absolute Gasteiger partial charge is 0.246 e. The van der Waals surface area contributed by atoms with E-state index in [0.29, 0.717) is 15.7 Å². The molecule has 0 atom stereocenters. The Labute approximate surface area is 107 Å². The van der Waals surface area contributed by atoms with Gasteiger partial charge in [0.25, 0.3) is 0 Å². The molecule has 1 amide bonds. The third-order valence-electron chi connectivity index (χ3n) is 1.90. The summed E-state index contributed by atoms with van der Waals surface area (Å²) in [5.41, 5.74) is 0.567. The number of amides is 1. The van der Waals surface area contributed by atoms with Crippen molar-refractivity contribution in [3.8, 4) is 0 Å². The van der Waals surface area contributed by atoms with E-state index in [0.717, 1.165) is 0 Å². The molecular formula is C9H7Cl2N5O. The highest BCUT2D eigenvalue weighted by Gasteiger charge is 2.06. The van der Waals surface area contributed by atoms with Gasteiger partial charge in [-0.25, -0.2) is 4.68 Å². The van der Waals surface area contributed by atoms with Crippen molar-refractivity contribution in [1.82, 2.24) is 20.2 Å². The fourth-order valence-electron chi connectivity index (χ4n) is 1.17. The molecular weight excluding hydrogens is 265 g/mol. The third kappa shape index (κ3) is 3.15. The molecule has 88 valence electrons. The van der Waals surface area contributed by atoms with Gasteiger partial charge in [0.05, 0.1) is 10.0 Å². The van der Waals surface area contributed by atoms with Crippen LogP contribution in [0.5, 0.6) is 0 Å². The Kier molecular flexibility index (Phi) is 3.55. The Morgan fingerprint density at radius 2 is 2.18 bits per heavy atom. The molecule has 0 bridgehead atoms. The number of carbonyl (C=O) groups is 1. The normalized spacial score (nSPS) is 10.2. The van der Waals surface area contributed by atoms with E-state index in [1.165, 1.54) is 11.0 Å². The molecule has 0 unspecified atom stereocenters. The number of nitrogens with zero attached hydrogens (tertiary/aromatic N) is 4. The van der Waals surface area contributed by atoms with E-state index in [4.69, 9.17) is 23.2 Å². The Balaban J connectivity index is 2.00. The maximum absolute atomic E-state index is 11.6. The standard InChI is InChI=1S/C9H7Cl2N5O/c10-7-2-1-6(3-8(7)11)13-9(17)4-16-5-12-14-15-16/h1-3,5H,4H2,(H,13,17). The van der Waals surface area contributed by atoms with Crippen LogP contribution in [-0.4, -0.2) is 26.1 Å². The SMILES string of the molecule is O=C(Cn1cnnn1)Nc1ccc(Cl)c(Cl)c1. The molecule has 8 heteroatoms. The number of halogens is 2. The lowest BCUT2D eigenvalue weighted by atomic mass is 10.3. The number of tetrazole rings is 1. The van der Waals surface area contributed by atoms with Crippen LogP contribution in [0.15, 0.2) is 24.5 Å². The van der Waals surface area contributed by atoms with Gasteiger partial charge in [0, 0.05) is 5.69 Å². The Morgan fingerprint density at radius 1 is 1.35 bits per heavy atom. The fourth-order valence-corrected chi connectivity index (χ4v) is 1.47. The summed E-state index contributed by atoms with van der Waals surface area (Å²) in [4.78, 5) is 11.6. The summed E-state index contributed by atoms with van der Waals surface area (Å²) in [5, 5.41) is 13.9. The van der Waals surface area contributed by atoms with Gasteiger partial charge in [0.15, 0.2) is 0 Å². The second-order valence-electron chi connectivity index (χ2n) is 3.18. The first-order chi connectivity index (χ1) is 8.15. The zero-order valence-corrected chi connectivity index (χ0v) is 9.98. The van der Waals surface area contributed by atoms with Crippen LogP contribution in [0.25, 0.3) is 0 Å². The van der Waals surface area contributed by atoms with Crippen molar-refractivity contribution in [3.63, 3.8) is 0 Å². The zero-order valence-electron chi connectivity index (χ0n) is 8.47. The van der Waals surface area contributed by atoms with E-state index in [9.17, 15) is 4.79 Å². The first kappa shape index (κ1) is 11.8.